The van der Waals surface area contributed by atoms with Gasteiger partial charge in [0.05, 0.1) is 11.6 Å². The van der Waals surface area contributed by atoms with Gasteiger partial charge < -0.3 is 10.1 Å². The van der Waals surface area contributed by atoms with Gasteiger partial charge in [-0.2, -0.15) is 0 Å². The molecule has 0 heterocycles. The van der Waals surface area contributed by atoms with Crippen LogP contribution in [0.4, 0.5) is 9.18 Å². The molecule has 0 fully saturated rings. The maximum atomic E-state index is 13.2. The fourth-order valence-electron chi connectivity index (χ4n) is 3.50. The van der Waals surface area contributed by atoms with E-state index in [2.05, 4.69) is 41.4 Å². The van der Waals surface area contributed by atoms with E-state index in [4.69, 9.17) is 16.3 Å². The number of rotatable bonds is 3. The predicted molar refractivity (Wildman–Crippen MR) is 111 cm³/mol. The number of halogens is 2. The van der Waals surface area contributed by atoms with Crippen molar-refractivity contribution in [2.45, 2.75) is 5.92 Å². The lowest BCUT2D eigenvalue weighted by atomic mass is 9.98. The normalized spacial score (nSPS) is 11.8. The molecule has 3 aromatic rings. The quantitative estimate of drug-likeness (QED) is 0.595. The van der Waals surface area contributed by atoms with Gasteiger partial charge in [-0.05, 0) is 40.5 Å². The summed E-state index contributed by atoms with van der Waals surface area (Å²) in [6.07, 6.45) is -0.550. The van der Waals surface area contributed by atoms with Crippen molar-refractivity contribution in [3.05, 3.63) is 94.3 Å². The SMILES string of the molecule is O=C(NCC#Cc1cc(F)ccc1Cl)OCC1c2ccccc2-c2ccccc21. The molecule has 1 aliphatic rings. The molecule has 0 saturated heterocycles. The van der Waals surface area contributed by atoms with Gasteiger partial charge in [-0.1, -0.05) is 72.0 Å². The summed E-state index contributed by atoms with van der Waals surface area (Å²) < 4.78 is 18.7. The lowest BCUT2D eigenvalue weighted by molar-refractivity contribution is 0.144. The van der Waals surface area contributed by atoms with Crippen LogP contribution in [0.5, 0.6) is 0 Å². The summed E-state index contributed by atoms with van der Waals surface area (Å²) in [5, 5.41) is 2.95. The lowest BCUT2D eigenvalue weighted by Crippen LogP contribution is -2.26. The van der Waals surface area contributed by atoms with Crippen molar-refractivity contribution in [3.8, 4) is 23.0 Å². The number of amides is 1. The number of fused-ring (bicyclic) bond motifs is 3. The topological polar surface area (TPSA) is 38.3 Å². The third kappa shape index (κ3) is 4.11. The van der Waals surface area contributed by atoms with Crippen LogP contribution in [0.2, 0.25) is 5.02 Å². The summed E-state index contributed by atoms with van der Waals surface area (Å²) in [4.78, 5) is 12.1. The summed E-state index contributed by atoms with van der Waals surface area (Å²) in [5.74, 6) is 5.08. The van der Waals surface area contributed by atoms with Crippen molar-refractivity contribution in [3.63, 3.8) is 0 Å². The Balaban J connectivity index is 1.36. The third-order valence-corrected chi connectivity index (χ3v) is 5.15. The Bertz CT molecular complexity index is 1090. The van der Waals surface area contributed by atoms with Gasteiger partial charge >= 0.3 is 6.09 Å². The first kappa shape index (κ1) is 19.0. The number of carbonyl (C=O) groups is 1. The highest BCUT2D eigenvalue weighted by molar-refractivity contribution is 6.31. The van der Waals surface area contributed by atoms with Crippen molar-refractivity contribution < 1.29 is 13.9 Å². The third-order valence-electron chi connectivity index (χ3n) is 4.82. The highest BCUT2D eigenvalue weighted by Gasteiger charge is 2.28. The van der Waals surface area contributed by atoms with Crippen molar-refractivity contribution in [2.24, 2.45) is 0 Å². The van der Waals surface area contributed by atoms with Crippen LogP contribution in [0, 0.1) is 17.7 Å². The molecule has 5 heteroatoms. The van der Waals surface area contributed by atoms with E-state index in [-0.39, 0.29) is 19.1 Å². The number of alkyl carbamates (subject to hydrolysis) is 1. The van der Waals surface area contributed by atoms with Crippen molar-refractivity contribution in [1.82, 2.24) is 5.32 Å². The monoisotopic (exact) mass is 405 g/mol. The van der Waals surface area contributed by atoms with E-state index >= 15 is 0 Å². The van der Waals surface area contributed by atoms with Crippen LogP contribution >= 0.6 is 11.6 Å². The molecule has 3 nitrogen and oxygen atoms in total. The minimum absolute atomic E-state index is 0.00494. The van der Waals surface area contributed by atoms with Crippen LogP contribution < -0.4 is 5.32 Å². The zero-order chi connectivity index (χ0) is 20.2. The number of nitrogens with one attached hydrogen (secondary N) is 1. The van der Waals surface area contributed by atoms with Crippen LogP contribution in [-0.2, 0) is 4.74 Å². The van der Waals surface area contributed by atoms with Gasteiger partial charge in [0, 0.05) is 11.5 Å². The van der Waals surface area contributed by atoms with E-state index in [1.165, 1.54) is 29.3 Å². The highest BCUT2D eigenvalue weighted by Crippen LogP contribution is 2.44. The van der Waals surface area contributed by atoms with Crippen LogP contribution in [0.15, 0.2) is 66.7 Å². The molecule has 0 aromatic heterocycles. The van der Waals surface area contributed by atoms with Gasteiger partial charge in [-0.3, -0.25) is 0 Å². The van der Waals surface area contributed by atoms with E-state index in [1.54, 1.807) is 0 Å². The van der Waals surface area contributed by atoms with E-state index in [9.17, 15) is 9.18 Å². The molecule has 1 aliphatic carbocycles. The molecule has 1 amide bonds. The number of benzene rings is 3. The molecule has 4 rings (SSSR count). The fraction of sp³-hybridized carbons (Fsp3) is 0.125. The fourth-order valence-corrected chi connectivity index (χ4v) is 3.66. The van der Waals surface area contributed by atoms with E-state index in [1.807, 2.05) is 24.3 Å². The van der Waals surface area contributed by atoms with E-state index < -0.39 is 11.9 Å². The van der Waals surface area contributed by atoms with Gasteiger partial charge in [0.15, 0.2) is 0 Å². The zero-order valence-corrected chi connectivity index (χ0v) is 16.2. The molecule has 0 atom stereocenters. The Morgan fingerprint density at radius 3 is 2.38 bits per heavy atom. The predicted octanol–water partition coefficient (Wildman–Crippen LogP) is 5.37. The van der Waals surface area contributed by atoms with Crippen LogP contribution in [-0.4, -0.2) is 19.2 Å². The van der Waals surface area contributed by atoms with Gasteiger partial charge in [0.1, 0.15) is 12.4 Å². The smallest absolute Gasteiger partial charge is 0.407 e. The molecular weight excluding hydrogens is 389 g/mol. The molecule has 0 unspecified atom stereocenters. The Hall–Kier alpha value is -3.29. The first-order chi connectivity index (χ1) is 14.1. The van der Waals surface area contributed by atoms with Gasteiger partial charge in [0.25, 0.3) is 0 Å². The molecule has 0 bridgehead atoms. The van der Waals surface area contributed by atoms with Crippen molar-refractivity contribution in [1.29, 1.82) is 0 Å². The summed E-state index contributed by atoms with van der Waals surface area (Å²) in [6.45, 7) is 0.312. The Morgan fingerprint density at radius 2 is 1.69 bits per heavy atom. The maximum absolute atomic E-state index is 13.2. The lowest BCUT2D eigenvalue weighted by Gasteiger charge is -2.14. The Labute approximate surface area is 173 Å². The number of hydrogen-bond donors (Lipinski definition) is 1. The van der Waals surface area contributed by atoms with Gasteiger partial charge in [-0.25, -0.2) is 9.18 Å². The number of carbonyl (C=O) groups excluding carboxylic acids is 1. The van der Waals surface area contributed by atoms with Crippen molar-refractivity contribution >= 4 is 17.7 Å². The molecule has 144 valence electrons. The molecule has 0 radical (unpaired) electrons. The molecule has 0 spiro atoms. The van der Waals surface area contributed by atoms with Gasteiger partial charge in [-0.15, -0.1) is 0 Å². The molecule has 29 heavy (non-hydrogen) atoms. The second-order valence-electron chi connectivity index (χ2n) is 6.61. The zero-order valence-electron chi connectivity index (χ0n) is 15.4. The first-order valence-corrected chi connectivity index (χ1v) is 9.54. The second-order valence-corrected chi connectivity index (χ2v) is 7.01. The number of ether oxygens (including phenoxy) is 1. The van der Waals surface area contributed by atoms with Crippen LogP contribution in [0.25, 0.3) is 11.1 Å². The second kappa shape index (κ2) is 8.38. The molecule has 0 saturated carbocycles. The largest absolute Gasteiger partial charge is 0.449 e. The highest BCUT2D eigenvalue weighted by atomic mass is 35.5. The number of hydrogen-bond acceptors (Lipinski definition) is 2. The Morgan fingerprint density at radius 1 is 1.03 bits per heavy atom. The van der Waals surface area contributed by atoms with Crippen molar-refractivity contribution in [2.75, 3.05) is 13.2 Å². The average Bonchev–Trinajstić information content (AvgIpc) is 3.06. The average molecular weight is 406 g/mol. The maximum Gasteiger partial charge on any atom is 0.407 e. The molecule has 0 aliphatic heterocycles. The first-order valence-electron chi connectivity index (χ1n) is 9.16. The van der Waals surface area contributed by atoms with Crippen LogP contribution in [0.3, 0.4) is 0 Å². The minimum atomic E-state index is -0.550. The standard InChI is InChI=1S/C24H17ClFNO2/c25-23-12-11-17(26)14-16(23)6-5-13-27-24(28)29-15-22-20-9-3-1-7-18(20)19-8-2-4-10-21(19)22/h1-4,7-12,14,22H,13,15H2,(H,27,28). The molecule has 3 aromatic carbocycles. The summed E-state index contributed by atoms with van der Waals surface area (Å²) in [7, 11) is 0. The summed E-state index contributed by atoms with van der Waals surface area (Å²) in [6, 6.07) is 20.3. The molecule has 1 N–H and O–H groups in total. The Kier molecular flexibility index (Phi) is 5.50. The molecular formula is C24H17ClFNO2. The van der Waals surface area contributed by atoms with Crippen LogP contribution in [0.1, 0.15) is 22.6 Å². The summed E-state index contributed by atoms with van der Waals surface area (Å²) >= 11 is 5.96. The minimum Gasteiger partial charge on any atom is -0.449 e. The van der Waals surface area contributed by atoms with Gasteiger partial charge in [0.2, 0.25) is 0 Å². The van der Waals surface area contributed by atoms with E-state index in [0.29, 0.717) is 10.6 Å². The van der Waals surface area contributed by atoms with E-state index in [0.717, 1.165) is 11.1 Å². The summed E-state index contributed by atoms with van der Waals surface area (Å²) in [5.41, 5.74) is 5.04.